The average molecular weight is 432 g/mol. The number of pyridine rings is 1. The molecule has 1 aliphatic rings. The first-order valence-corrected chi connectivity index (χ1v) is 11.1. The molecule has 0 aliphatic carbocycles. The first-order valence-electron chi connectivity index (χ1n) is 11.1. The van der Waals surface area contributed by atoms with Crippen LogP contribution in [0.1, 0.15) is 41.6 Å². The molecule has 2 aromatic carbocycles. The Morgan fingerprint density at radius 3 is 2.84 bits per heavy atom. The molecule has 166 valence electrons. The fourth-order valence-electron chi connectivity index (χ4n) is 4.31. The summed E-state index contributed by atoms with van der Waals surface area (Å²) < 4.78 is 5.22. The molecule has 2 heterocycles. The van der Waals surface area contributed by atoms with Crippen molar-refractivity contribution in [3.8, 4) is 5.75 Å². The van der Waals surface area contributed by atoms with E-state index in [-0.39, 0.29) is 11.8 Å². The zero-order chi connectivity index (χ0) is 22.5. The summed E-state index contributed by atoms with van der Waals surface area (Å²) in [5, 5.41) is 3.96. The Morgan fingerprint density at radius 2 is 2.03 bits per heavy atom. The Kier molecular flexibility index (Phi) is 6.69. The van der Waals surface area contributed by atoms with Crippen LogP contribution < -0.4 is 10.1 Å². The molecule has 0 radical (unpaired) electrons. The SMILES string of the molecule is COc1ccc(NC(=O)CC[C@@H]2CCCN(C(=O)c3cnc4ccccc4c3)C2)c(C)c1. The number of methoxy groups -OCH3 is 1. The van der Waals surface area contributed by atoms with Crippen molar-refractivity contribution in [2.45, 2.75) is 32.6 Å². The lowest BCUT2D eigenvalue weighted by atomic mass is 9.92. The molecule has 6 heteroatoms. The Morgan fingerprint density at radius 1 is 1.19 bits per heavy atom. The number of anilines is 1. The highest BCUT2D eigenvalue weighted by molar-refractivity contribution is 5.97. The van der Waals surface area contributed by atoms with Gasteiger partial charge in [0.25, 0.3) is 5.91 Å². The summed E-state index contributed by atoms with van der Waals surface area (Å²) >= 11 is 0. The standard InChI is InChI=1S/C26H29N3O3/c1-18-14-22(32-2)10-11-23(18)28-25(30)12-9-19-6-5-13-29(17-19)26(31)21-15-20-7-3-4-8-24(20)27-16-21/h3-4,7-8,10-11,14-16,19H,5-6,9,12-13,17H2,1-2H3,(H,28,30)/t19-/m0/s1. The van der Waals surface area contributed by atoms with E-state index in [1.807, 2.05) is 60.4 Å². The van der Waals surface area contributed by atoms with E-state index < -0.39 is 0 Å². The molecule has 0 spiro atoms. The van der Waals surface area contributed by atoms with Crippen LogP contribution in [-0.2, 0) is 4.79 Å². The van der Waals surface area contributed by atoms with E-state index in [1.165, 1.54) is 0 Å². The fourth-order valence-corrected chi connectivity index (χ4v) is 4.31. The summed E-state index contributed by atoms with van der Waals surface area (Å²) in [6, 6.07) is 15.3. The van der Waals surface area contributed by atoms with Crippen molar-refractivity contribution in [1.29, 1.82) is 0 Å². The Hall–Kier alpha value is -3.41. The molecule has 1 N–H and O–H groups in total. The summed E-state index contributed by atoms with van der Waals surface area (Å²) in [6.07, 6.45) is 4.86. The second-order valence-corrected chi connectivity index (χ2v) is 8.44. The minimum Gasteiger partial charge on any atom is -0.497 e. The first kappa shape index (κ1) is 21.8. The van der Waals surface area contributed by atoms with E-state index in [4.69, 9.17) is 4.74 Å². The predicted molar refractivity (Wildman–Crippen MR) is 126 cm³/mol. The number of amides is 2. The molecule has 32 heavy (non-hydrogen) atoms. The highest BCUT2D eigenvalue weighted by atomic mass is 16.5. The number of benzene rings is 2. The monoisotopic (exact) mass is 431 g/mol. The van der Waals surface area contributed by atoms with Crippen molar-refractivity contribution in [3.05, 3.63) is 65.9 Å². The van der Waals surface area contributed by atoms with Gasteiger partial charge in [0, 0.05) is 36.8 Å². The van der Waals surface area contributed by atoms with Gasteiger partial charge >= 0.3 is 0 Å². The molecule has 1 atom stereocenters. The number of hydrogen-bond donors (Lipinski definition) is 1. The van der Waals surface area contributed by atoms with Crippen LogP contribution in [0.15, 0.2) is 54.7 Å². The van der Waals surface area contributed by atoms with Crippen LogP contribution in [0.25, 0.3) is 10.9 Å². The van der Waals surface area contributed by atoms with E-state index in [1.54, 1.807) is 13.3 Å². The molecular weight excluding hydrogens is 402 g/mol. The van der Waals surface area contributed by atoms with E-state index in [9.17, 15) is 9.59 Å². The van der Waals surface area contributed by atoms with Crippen LogP contribution in [0.2, 0.25) is 0 Å². The lowest BCUT2D eigenvalue weighted by molar-refractivity contribution is -0.116. The number of likely N-dealkylation sites (tertiary alicyclic amines) is 1. The van der Waals surface area contributed by atoms with Gasteiger partial charge in [-0.3, -0.25) is 14.6 Å². The van der Waals surface area contributed by atoms with Gasteiger partial charge in [-0.05, 0) is 68.0 Å². The molecule has 6 nitrogen and oxygen atoms in total. The largest absolute Gasteiger partial charge is 0.497 e. The molecule has 1 aliphatic heterocycles. The molecule has 2 amide bonds. The van der Waals surface area contributed by atoms with Crippen LogP contribution in [0.5, 0.6) is 5.75 Å². The van der Waals surface area contributed by atoms with Gasteiger partial charge in [0.05, 0.1) is 18.2 Å². The molecule has 1 aromatic heterocycles. The number of piperidine rings is 1. The normalized spacial score (nSPS) is 16.1. The van der Waals surface area contributed by atoms with Crippen molar-refractivity contribution in [2.75, 3.05) is 25.5 Å². The predicted octanol–water partition coefficient (Wildman–Crippen LogP) is 4.82. The van der Waals surface area contributed by atoms with E-state index >= 15 is 0 Å². The van der Waals surface area contributed by atoms with Crippen LogP contribution >= 0.6 is 0 Å². The number of aryl methyl sites for hydroxylation is 1. The smallest absolute Gasteiger partial charge is 0.255 e. The van der Waals surface area contributed by atoms with Crippen molar-refractivity contribution in [1.82, 2.24) is 9.88 Å². The number of nitrogens with zero attached hydrogens (tertiary/aromatic N) is 2. The Labute approximate surface area is 188 Å². The van der Waals surface area contributed by atoms with Gasteiger partial charge in [0.2, 0.25) is 5.91 Å². The zero-order valence-electron chi connectivity index (χ0n) is 18.6. The number of ether oxygens (including phenoxy) is 1. The molecule has 1 fully saturated rings. The van der Waals surface area contributed by atoms with Crippen molar-refractivity contribution < 1.29 is 14.3 Å². The third kappa shape index (κ3) is 5.07. The molecule has 0 saturated carbocycles. The number of fused-ring (bicyclic) bond motifs is 1. The summed E-state index contributed by atoms with van der Waals surface area (Å²) in [5.41, 5.74) is 3.28. The zero-order valence-corrected chi connectivity index (χ0v) is 18.6. The number of para-hydroxylation sites is 1. The minimum atomic E-state index is 0.000413. The third-order valence-corrected chi connectivity index (χ3v) is 6.13. The lowest BCUT2D eigenvalue weighted by Gasteiger charge is -2.32. The van der Waals surface area contributed by atoms with Crippen LogP contribution in [-0.4, -0.2) is 41.9 Å². The number of nitrogens with one attached hydrogen (secondary N) is 1. The average Bonchev–Trinajstić information content (AvgIpc) is 2.83. The molecule has 4 rings (SSSR count). The number of carbonyl (C=O) groups excluding carboxylic acids is 2. The quantitative estimate of drug-likeness (QED) is 0.607. The number of aromatic nitrogens is 1. The Bertz CT molecular complexity index is 1130. The molecular formula is C26H29N3O3. The first-order chi connectivity index (χ1) is 15.5. The maximum Gasteiger partial charge on any atom is 0.255 e. The molecule has 1 saturated heterocycles. The summed E-state index contributed by atoms with van der Waals surface area (Å²) in [6.45, 7) is 3.38. The van der Waals surface area contributed by atoms with Crippen molar-refractivity contribution >= 4 is 28.4 Å². The van der Waals surface area contributed by atoms with E-state index in [0.29, 0.717) is 24.4 Å². The highest BCUT2D eigenvalue weighted by Gasteiger charge is 2.25. The van der Waals surface area contributed by atoms with Gasteiger partial charge in [-0.15, -0.1) is 0 Å². The number of rotatable bonds is 6. The fraction of sp³-hybridized carbons (Fsp3) is 0.346. The van der Waals surface area contributed by atoms with E-state index in [0.717, 1.165) is 53.7 Å². The van der Waals surface area contributed by atoms with Gasteiger partial charge in [-0.2, -0.15) is 0 Å². The van der Waals surface area contributed by atoms with Crippen LogP contribution in [0.3, 0.4) is 0 Å². The van der Waals surface area contributed by atoms with Crippen LogP contribution in [0.4, 0.5) is 5.69 Å². The third-order valence-electron chi connectivity index (χ3n) is 6.13. The van der Waals surface area contributed by atoms with Crippen LogP contribution in [0, 0.1) is 12.8 Å². The highest BCUT2D eigenvalue weighted by Crippen LogP contribution is 2.25. The minimum absolute atomic E-state index is 0.000413. The summed E-state index contributed by atoms with van der Waals surface area (Å²) in [7, 11) is 1.63. The van der Waals surface area contributed by atoms with E-state index in [2.05, 4.69) is 10.3 Å². The maximum absolute atomic E-state index is 13.1. The molecule has 0 unspecified atom stereocenters. The molecule has 3 aromatic rings. The van der Waals surface area contributed by atoms with Crippen molar-refractivity contribution in [3.63, 3.8) is 0 Å². The Balaban J connectivity index is 1.32. The summed E-state index contributed by atoms with van der Waals surface area (Å²) in [5.74, 6) is 1.12. The topological polar surface area (TPSA) is 71.5 Å². The van der Waals surface area contributed by atoms with Gasteiger partial charge in [0.1, 0.15) is 5.75 Å². The number of hydrogen-bond acceptors (Lipinski definition) is 4. The molecule has 0 bridgehead atoms. The lowest BCUT2D eigenvalue weighted by Crippen LogP contribution is -2.40. The summed E-state index contributed by atoms with van der Waals surface area (Å²) in [4.78, 5) is 31.9. The second-order valence-electron chi connectivity index (χ2n) is 8.44. The maximum atomic E-state index is 13.1. The van der Waals surface area contributed by atoms with Gasteiger partial charge in [-0.1, -0.05) is 18.2 Å². The number of carbonyl (C=O) groups is 2. The second kappa shape index (κ2) is 9.81. The van der Waals surface area contributed by atoms with Gasteiger partial charge in [0.15, 0.2) is 0 Å². The van der Waals surface area contributed by atoms with Crippen molar-refractivity contribution in [2.24, 2.45) is 5.92 Å². The van der Waals surface area contributed by atoms with Gasteiger partial charge < -0.3 is 15.0 Å². The van der Waals surface area contributed by atoms with Gasteiger partial charge in [-0.25, -0.2) is 0 Å².